The molecule has 1 heterocycles. The fourth-order valence-corrected chi connectivity index (χ4v) is 4.48. The van der Waals surface area contributed by atoms with E-state index in [4.69, 9.17) is 16.3 Å². The average molecular weight is 362 g/mol. The van der Waals surface area contributed by atoms with Crippen LogP contribution in [-0.2, 0) is 24.3 Å². The quantitative estimate of drug-likeness (QED) is 0.784. The molecule has 0 spiro atoms. The molecule has 1 fully saturated rings. The fraction of sp³-hybridized carbons (Fsp3) is 0.533. The Hall–Kier alpha value is -1.15. The molecule has 3 unspecified atom stereocenters. The van der Waals surface area contributed by atoms with E-state index < -0.39 is 27.3 Å². The third kappa shape index (κ3) is 4.67. The van der Waals surface area contributed by atoms with Crippen LogP contribution in [0.5, 0.6) is 0 Å². The van der Waals surface area contributed by atoms with Crippen molar-refractivity contribution in [3.05, 3.63) is 34.9 Å². The van der Waals surface area contributed by atoms with Crippen LogP contribution in [0.3, 0.4) is 0 Å². The second kappa shape index (κ2) is 7.61. The molecule has 1 N–H and O–H groups in total. The van der Waals surface area contributed by atoms with Crippen LogP contribution >= 0.6 is 11.6 Å². The van der Waals surface area contributed by atoms with Crippen molar-refractivity contribution in [1.29, 1.82) is 0 Å². The number of carbonyl (C=O) groups is 1. The Labute approximate surface area is 141 Å². The van der Waals surface area contributed by atoms with Gasteiger partial charge in [-0.1, -0.05) is 23.7 Å². The molecule has 1 aliphatic rings. The van der Waals surface area contributed by atoms with Gasteiger partial charge in [-0.15, -0.1) is 0 Å². The number of nitrogens with one attached hydrogen (secondary N) is 1. The molecule has 0 bridgehead atoms. The maximum absolute atomic E-state index is 12.6. The van der Waals surface area contributed by atoms with Gasteiger partial charge in [0.15, 0.2) is 0 Å². The summed E-state index contributed by atoms with van der Waals surface area (Å²) in [7, 11) is -2.37. The molecule has 1 aromatic rings. The summed E-state index contributed by atoms with van der Waals surface area (Å²) >= 11 is 5.86. The van der Waals surface area contributed by atoms with E-state index in [0.717, 1.165) is 0 Å². The van der Waals surface area contributed by atoms with E-state index in [1.54, 1.807) is 31.2 Å². The van der Waals surface area contributed by atoms with Gasteiger partial charge in [0.05, 0.1) is 25.7 Å². The minimum Gasteiger partial charge on any atom is -0.469 e. The van der Waals surface area contributed by atoms with Crippen LogP contribution in [-0.4, -0.2) is 39.5 Å². The SMILES string of the molecule is COC(=O)CC(NS(=O)(=O)C1CCOC1C)c1ccc(Cl)cc1. The molecule has 1 saturated heterocycles. The van der Waals surface area contributed by atoms with Gasteiger partial charge in [0, 0.05) is 11.6 Å². The standard InChI is InChI=1S/C15H20ClNO5S/c1-10-14(7-8-22-10)23(19,20)17-13(9-15(18)21-2)11-3-5-12(16)6-4-11/h3-6,10,13-14,17H,7-9H2,1-2H3. The van der Waals surface area contributed by atoms with E-state index in [1.165, 1.54) is 7.11 Å². The Balaban J connectivity index is 2.23. The largest absolute Gasteiger partial charge is 0.469 e. The molecular formula is C15H20ClNO5S. The van der Waals surface area contributed by atoms with Gasteiger partial charge in [-0.25, -0.2) is 13.1 Å². The number of ether oxygens (including phenoxy) is 2. The molecule has 128 valence electrons. The van der Waals surface area contributed by atoms with Gasteiger partial charge in [-0.05, 0) is 31.0 Å². The lowest BCUT2D eigenvalue weighted by Crippen LogP contribution is -2.40. The minimum absolute atomic E-state index is 0.0979. The van der Waals surface area contributed by atoms with Crippen LogP contribution < -0.4 is 4.72 Å². The Bertz CT molecular complexity index is 646. The molecule has 23 heavy (non-hydrogen) atoms. The highest BCUT2D eigenvalue weighted by Gasteiger charge is 2.37. The normalized spacial score (nSPS) is 22.7. The first-order valence-electron chi connectivity index (χ1n) is 7.28. The average Bonchev–Trinajstić information content (AvgIpc) is 2.94. The monoisotopic (exact) mass is 361 g/mol. The van der Waals surface area contributed by atoms with Gasteiger partial charge < -0.3 is 9.47 Å². The molecule has 0 amide bonds. The number of sulfonamides is 1. The number of hydrogen-bond donors (Lipinski definition) is 1. The van der Waals surface area contributed by atoms with Gasteiger partial charge in [0.25, 0.3) is 0 Å². The van der Waals surface area contributed by atoms with Crippen molar-refractivity contribution in [2.24, 2.45) is 0 Å². The third-order valence-electron chi connectivity index (χ3n) is 3.88. The second-order valence-electron chi connectivity index (χ2n) is 5.45. The van der Waals surface area contributed by atoms with Crippen molar-refractivity contribution in [3.63, 3.8) is 0 Å². The highest BCUT2D eigenvalue weighted by Crippen LogP contribution is 2.25. The first-order valence-corrected chi connectivity index (χ1v) is 9.21. The van der Waals surface area contributed by atoms with E-state index >= 15 is 0 Å². The van der Waals surface area contributed by atoms with Crippen molar-refractivity contribution in [2.75, 3.05) is 13.7 Å². The number of rotatable bonds is 6. The van der Waals surface area contributed by atoms with E-state index in [9.17, 15) is 13.2 Å². The van der Waals surface area contributed by atoms with Gasteiger partial charge in [-0.3, -0.25) is 4.79 Å². The summed E-state index contributed by atoms with van der Waals surface area (Å²) in [5.41, 5.74) is 0.648. The fourth-order valence-electron chi connectivity index (χ4n) is 2.58. The number of methoxy groups -OCH3 is 1. The van der Waals surface area contributed by atoms with Crippen molar-refractivity contribution in [3.8, 4) is 0 Å². The van der Waals surface area contributed by atoms with Crippen molar-refractivity contribution >= 4 is 27.6 Å². The molecule has 0 aliphatic carbocycles. The summed E-state index contributed by atoms with van der Waals surface area (Å²) in [5, 5.41) is -0.0961. The van der Waals surface area contributed by atoms with Crippen LogP contribution in [0.1, 0.15) is 31.4 Å². The van der Waals surface area contributed by atoms with E-state index in [0.29, 0.717) is 23.6 Å². The molecular weight excluding hydrogens is 342 g/mol. The summed E-state index contributed by atoms with van der Waals surface area (Å²) in [4.78, 5) is 11.6. The molecule has 0 radical (unpaired) electrons. The topological polar surface area (TPSA) is 81.7 Å². The summed E-state index contributed by atoms with van der Waals surface area (Å²) in [5.74, 6) is -0.497. The van der Waals surface area contributed by atoms with E-state index in [1.807, 2.05) is 0 Å². The third-order valence-corrected chi connectivity index (χ3v) is 6.16. The van der Waals surface area contributed by atoms with Crippen LogP contribution in [0, 0.1) is 0 Å². The first kappa shape index (κ1) is 18.2. The van der Waals surface area contributed by atoms with Crippen LogP contribution in [0.15, 0.2) is 24.3 Å². The number of carbonyl (C=O) groups excluding carboxylic acids is 1. The van der Waals surface area contributed by atoms with Crippen LogP contribution in [0.25, 0.3) is 0 Å². The molecule has 1 aromatic carbocycles. The van der Waals surface area contributed by atoms with Crippen molar-refractivity contribution in [2.45, 2.75) is 37.2 Å². The first-order chi connectivity index (χ1) is 10.8. The lowest BCUT2D eigenvalue weighted by molar-refractivity contribution is -0.141. The summed E-state index contributed by atoms with van der Waals surface area (Å²) < 4.78 is 37.8. The number of halogens is 1. The maximum atomic E-state index is 12.6. The molecule has 3 atom stereocenters. The second-order valence-corrected chi connectivity index (χ2v) is 7.82. The van der Waals surface area contributed by atoms with Gasteiger partial charge in [0.2, 0.25) is 10.0 Å². The van der Waals surface area contributed by atoms with E-state index in [2.05, 4.69) is 9.46 Å². The summed E-state index contributed by atoms with van der Waals surface area (Å²) in [6.45, 7) is 2.14. The Morgan fingerprint density at radius 3 is 2.61 bits per heavy atom. The lowest BCUT2D eigenvalue weighted by Gasteiger charge is -2.22. The molecule has 8 heteroatoms. The highest BCUT2D eigenvalue weighted by molar-refractivity contribution is 7.90. The Morgan fingerprint density at radius 2 is 2.09 bits per heavy atom. The zero-order chi connectivity index (χ0) is 17.0. The number of benzene rings is 1. The van der Waals surface area contributed by atoms with Crippen LogP contribution in [0.4, 0.5) is 0 Å². The Kier molecular flexibility index (Phi) is 6.02. The zero-order valence-electron chi connectivity index (χ0n) is 13.0. The lowest BCUT2D eigenvalue weighted by atomic mass is 10.1. The smallest absolute Gasteiger partial charge is 0.307 e. The van der Waals surface area contributed by atoms with Gasteiger partial charge in [-0.2, -0.15) is 0 Å². The highest BCUT2D eigenvalue weighted by atomic mass is 35.5. The molecule has 0 aromatic heterocycles. The summed E-state index contributed by atoms with van der Waals surface area (Å²) in [6.07, 6.45) is -0.0435. The number of hydrogen-bond acceptors (Lipinski definition) is 5. The van der Waals surface area contributed by atoms with E-state index in [-0.39, 0.29) is 12.5 Å². The van der Waals surface area contributed by atoms with Gasteiger partial charge in [0.1, 0.15) is 5.25 Å². The zero-order valence-corrected chi connectivity index (χ0v) is 14.6. The summed E-state index contributed by atoms with van der Waals surface area (Å²) in [6, 6.07) is 5.96. The predicted octanol–water partition coefficient (Wildman–Crippen LogP) is 2.04. The van der Waals surface area contributed by atoms with Crippen molar-refractivity contribution < 1.29 is 22.7 Å². The maximum Gasteiger partial charge on any atom is 0.307 e. The number of esters is 1. The molecule has 6 nitrogen and oxygen atoms in total. The van der Waals surface area contributed by atoms with Crippen molar-refractivity contribution in [1.82, 2.24) is 4.72 Å². The van der Waals surface area contributed by atoms with Gasteiger partial charge >= 0.3 is 5.97 Å². The van der Waals surface area contributed by atoms with Crippen LogP contribution in [0.2, 0.25) is 5.02 Å². The minimum atomic E-state index is -3.64. The molecule has 1 aliphatic heterocycles. The molecule has 2 rings (SSSR count). The molecule has 0 saturated carbocycles. The Morgan fingerprint density at radius 1 is 1.43 bits per heavy atom. The predicted molar refractivity (Wildman–Crippen MR) is 86.7 cm³/mol.